The Hall–Kier alpha value is -1.21. The van der Waals surface area contributed by atoms with Gasteiger partial charge in [0.15, 0.2) is 0 Å². The van der Waals surface area contributed by atoms with E-state index < -0.39 is 12.0 Å². The van der Waals surface area contributed by atoms with Crippen molar-refractivity contribution in [3.05, 3.63) is 27.4 Å². The van der Waals surface area contributed by atoms with Gasteiger partial charge in [-0.3, -0.25) is 14.2 Å². The van der Waals surface area contributed by atoms with Gasteiger partial charge < -0.3 is 10.8 Å². The number of hydrogen-bond donors (Lipinski definition) is 2. The lowest BCUT2D eigenvalue weighted by atomic mass is 10.3. The summed E-state index contributed by atoms with van der Waals surface area (Å²) in [4.78, 5) is 25.5. The molecule has 0 radical (unpaired) electrons. The van der Waals surface area contributed by atoms with Crippen LogP contribution in [0.4, 0.5) is 0 Å². The molecule has 14 heavy (non-hydrogen) atoms. The van der Waals surface area contributed by atoms with Gasteiger partial charge in [-0.15, -0.1) is 0 Å². The van der Waals surface area contributed by atoms with Crippen molar-refractivity contribution >= 4 is 21.9 Å². The monoisotopic (exact) mass is 261 g/mol. The zero-order valence-electron chi connectivity index (χ0n) is 7.05. The van der Waals surface area contributed by atoms with Crippen LogP contribution in [0.3, 0.4) is 0 Å². The molecule has 1 atom stereocenters. The lowest BCUT2D eigenvalue weighted by Gasteiger charge is -2.08. The van der Waals surface area contributed by atoms with Crippen LogP contribution in [-0.4, -0.2) is 26.7 Å². The van der Waals surface area contributed by atoms with Crippen molar-refractivity contribution in [2.45, 2.75) is 12.6 Å². The molecule has 0 aliphatic heterocycles. The van der Waals surface area contributed by atoms with Crippen molar-refractivity contribution < 1.29 is 9.90 Å². The summed E-state index contributed by atoms with van der Waals surface area (Å²) in [6, 6.07) is -1.11. The fourth-order valence-corrected chi connectivity index (χ4v) is 1.19. The molecule has 3 N–H and O–H groups in total. The van der Waals surface area contributed by atoms with E-state index in [0.29, 0.717) is 0 Å². The molecule has 1 rings (SSSR count). The lowest BCUT2D eigenvalue weighted by molar-refractivity contribution is -0.138. The molecule has 76 valence electrons. The summed E-state index contributed by atoms with van der Waals surface area (Å²) in [5.41, 5.74) is 4.91. The number of carboxylic acid groups (broad SMARTS) is 1. The molecule has 1 aromatic rings. The van der Waals surface area contributed by atoms with E-state index in [1.165, 1.54) is 12.5 Å². The molecular formula is C7H8BrN3O3. The van der Waals surface area contributed by atoms with E-state index >= 15 is 0 Å². The van der Waals surface area contributed by atoms with E-state index in [9.17, 15) is 9.59 Å². The first-order valence-electron chi connectivity index (χ1n) is 3.70. The summed E-state index contributed by atoms with van der Waals surface area (Å²) in [5, 5.41) is 8.53. The van der Waals surface area contributed by atoms with Crippen LogP contribution >= 0.6 is 15.9 Å². The smallest absolute Gasteiger partial charge is 0.322 e. The number of nitrogens with two attached hydrogens (primary N) is 1. The predicted octanol–water partition coefficient (Wildman–Crippen LogP) is -0.582. The normalized spacial score (nSPS) is 12.4. The number of hydrogen-bond acceptors (Lipinski definition) is 4. The summed E-state index contributed by atoms with van der Waals surface area (Å²) in [6.45, 7) is -0.0966. The highest BCUT2D eigenvalue weighted by molar-refractivity contribution is 9.10. The minimum atomic E-state index is -1.16. The van der Waals surface area contributed by atoms with Crippen molar-refractivity contribution in [3.63, 3.8) is 0 Å². The SMILES string of the molecule is NC(Cn1cncc(Br)c1=O)C(=O)O. The summed E-state index contributed by atoms with van der Waals surface area (Å²) in [5.74, 6) is -1.16. The van der Waals surface area contributed by atoms with E-state index in [0.717, 1.165) is 4.57 Å². The highest BCUT2D eigenvalue weighted by atomic mass is 79.9. The second-order valence-electron chi connectivity index (χ2n) is 2.64. The Morgan fingerprint density at radius 1 is 1.79 bits per heavy atom. The fourth-order valence-electron chi connectivity index (χ4n) is 0.844. The van der Waals surface area contributed by atoms with Crippen molar-refractivity contribution in [2.24, 2.45) is 5.73 Å². The van der Waals surface area contributed by atoms with Crippen molar-refractivity contribution in [2.75, 3.05) is 0 Å². The molecule has 1 heterocycles. The van der Waals surface area contributed by atoms with Crippen molar-refractivity contribution in [1.29, 1.82) is 0 Å². The standard InChI is InChI=1S/C7H8BrN3O3/c8-4-1-10-3-11(6(4)12)2-5(9)7(13)14/h1,3,5H,2,9H2,(H,13,14). The first-order chi connectivity index (χ1) is 6.52. The number of aliphatic carboxylic acids is 1. The van der Waals surface area contributed by atoms with E-state index in [1.54, 1.807) is 0 Å². The Morgan fingerprint density at radius 3 is 3.00 bits per heavy atom. The molecule has 0 saturated carbocycles. The Balaban J connectivity index is 2.93. The number of aromatic nitrogens is 2. The van der Waals surface area contributed by atoms with E-state index in [4.69, 9.17) is 10.8 Å². The first-order valence-corrected chi connectivity index (χ1v) is 4.50. The molecule has 0 bridgehead atoms. The van der Waals surface area contributed by atoms with Crippen LogP contribution in [0, 0.1) is 0 Å². The van der Waals surface area contributed by atoms with Crippen LogP contribution in [0.5, 0.6) is 0 Å². The van der Waals surface area contributed by atoms with Gasteiger partial charge in [0, 0.05) is 6.20 Å². The average molecular weight is 262 g/mol. The molecule has 0 aliphatic carbocycles. The first kappa shape index (κ1) is 10.9. The largest absolute Gasteiger partial charge is 0.480 e. The maximum absolute atomic E-state index is 11.4. The fraction of sp³-hybridized carbons (Fsp3) is 0.286. The van der Waals surface area contributed by atoms with Crippen molar-refractivity contribution in [1.82, 2.24) is 9.55 Å². The van der Waals surface area contributed by atoms with Crippen LogP contribution in [0.25, 0.3) is 0 Å². The Bertz CT molecular complexity index is 403. The second kappa shape index (κ2) is 4.34. The van der Waals surface area contributed by atoms with Gasteiger partial charge in [0.1, 0.15) is 10.5 Å². The third kappa shape index (κ3) is 2.39. The number of carbonyl (C=O) groups is 1. The number of carboxylic acids is 1. The summed E-state index contributed by atoms with van der Waals surface area (Å²) < 4.78 is 1.42. The number of halogens is 1. The third-order valence-electron chi connectivity index (χ3n) is 1.57. The quantitative estimate of drug-likeness (QED) is 0.759. The number of rotatable bonds is 3. The molecule has 0 aliphatic rings. The zero-order chi connectivity index (χ0) is 10.7. The zero-order valence-corrected chi connectivity index (χ0v) is 8.64. The predicted molar refractivity (Wildman–Crippen MR) is 51.8 cm³/mol. The van der Waals surface area contributed by atoms with Gasteiger partial charge in [0.05, 0.1) is 12.9 Å². The van der Waals surface area contributed by atoms with Crippen LogP contribution < -0.4 is 11.3 Å². The van der Waals surface area contributed by atoms with Gasteiger partial charge in [0.2, 0.25) is 0 Å². The average Bonchev–Trinajstić information content (AvgIpc) is 2.12. The van der Waals surface area contributed by atoms with Gasteiger partial charge in [-0.05, 0) is 15.9 Å². The van der Waals surface area contributed by atoms with Gasteiger partial charge in [-0.25, -0.2) is 4.98 Å². The molecule has 0 fully saturated rings. The topological polar surface area (TPSA) is 98.2 Å². The molecular weight excluding hydrogens is 254 g/mol. The molecule has 0 amide bonds. The Labute approximate surface area is 87.5 Å². The third-order valence-corrected chi connectivity index (χ3v) is 2.11. The van der Waals surface area contributed by atoms with Crippen molar-refractivity contribution in [3.8, 4) is 0 Å². The van der Waals surface area contributed by atoms with Crippen LogP contribution in [0.2, 0.25) is 0 Å². The van der Waals surface area contributed by atoms with Gasteiger partial charge in [-0.2, -0.15) is 0 Å². The highest BCUT2D eigenvalue weighted by Crippen LogP contribution is 1.98. The Kier molecular flexibility index (Phi) is 3.37. The Morgan fingerprint density at radius 2 is 2.43 bits per heavy atom. The van der Waals surface area contributed by atoms with Crippen LogP contribution in [0.15, 0.2) is 21.8 Å². The molecule has 0 saturated heterocycles. The summed E-state index contributed by atoms with van der Waals surface area (Å²) in [7, 11) is 0. The van der Waals surface area contributed by atoms with Gasteiger partial charge >= 0.3 is 5.97 Å². The highest BCUT2D eigenvalue weighted by Gasteiger charge is 2.13. The minimum Gasteiger partial charge on any atom is -0.480 e. The van der Waals surface area contributed by atoms with Crippen LogP contribution in [-0.2, 0) is 11.3 Å². The minimum absolute atomic E-state index is 0.0966. The lowest BCUT2D eigenvalue weighted by Crippen LogP contribution is -2.38. The van der Waals surface area contributed by atoms with Gasteiger partial charge in [0.25, 0.3) is 5.56 Å². The summed E-state index contributed by atoms with van der Waals surface area (Å²) >= 11 is 2.99. The van der Waals surface area contributed by atoms with E-state index in [2.05, 4.69) is 20.9 Å². The maximum Gasteiger partial charge on any atom is 0.322 e. The second-order valence-corrected chi connectivity index (χ2v) is 3.50. The summed E-state index contributed by atoms with van der Waals surface area (Å²) in [6.07, 6.45) is 2.58. The van der Waals surface area contributed by atoms with Gasteiger partial charge in [-0.1, -0.05) is 0 Å². The number of nitrogens with zero attached hydrogens (tertiary/aromatic N) is 2. The molecule has 0 aromatic carbocycles. The van der Waals surface area contributed by atoms with E-state index in [-0.39, 0.29) is 16.6 Å². The molecule has 1 aromatic heterocycles. The maximum atomic E-state index is 11.4. The molecule has 6 nitrogen and oxygen atoms in total. The van der Waals surface area contributed by atoms with Crippen LogP contribution in [0.1, 0.15) is 0 Å². The van der Waals surface area contributed by atoms with E-state index in [1.807, 2.05) is 0 Å². The molecule has 0 spiro atoms. The molecule has 7 heteroatoms. The molecule has 1 unspecified atom stereocenters.